The first-order valence-electron chi connectivity index (χ1n) is 8.57. The zero-order valence-corrected chi connectivity index (χ0v) is 15.3. The van der Waals surface area contributed by atoms with Gasteiger partial charge in [0.25, 0.3) is 0 Å². The van der Waals surface area contributed by atoms with Gasteiger partial charge in [-0.1, -0.05) is 35.9 Å². The number of hydrogen-bond donors (Lipinski definition) is 2. The molecule has 138 valence electrons. The Bertz CT molecular complexity index is 898. The lowest BCUT2D eigenvalue weighted by Crippen LogP contribution is -2.15. The monoisotopic (exact) mass is 383 g/mol. The van der Waals surface area contributed by atoms with Crippen LogP contribution in [0.25, 0.3) is 0 Å². The Morgan fingerprint density at radius 2 is 1.85 bits per heavy atom. The Morgan fingerprint density at radius 1 is 1.04 bits per heavy atom. The van der Waals surface area contributed by atoms with Crippen molar-refractivity contribution in [3.05, 3.63) is 88.8 Å². The summed E-state index contributed by atoms with van der Waals surface area (Å²) in [6.45, 7) is 0.759. The average Bonchev–Trinajstić information content (AvgIpc) is 2.65. The molecular formula is C21H19ClFN3O. The van der Waals surface area contributed by atoms with E-state index in [1.807, 2.05) is 30.3 Å². The molecule has 27 heavy (non-hydrogen) atoms. The lowest BCUT2D eigenvalue weighted by Gasteiger charge is -2.08. The molecule has 0 aliphatic carbocycles. The number of amides is 1. The van der Waals surface area contributed by atoms with E-state index in [4.69, 9.17) is 11.6 Å². The fourth-order valence-electron chi connectivity index (χ4n) is 2.59. The van der Waals surface area contributed by atoms with Gasteiger partial charge >= 0.3 is 0 Å². The van der Waals surface area contributed by atoms with E-state index in [0.717, 1.165) is 23.7 Å². The van der Waals surface area contributed by atoms with E-state index < -0.39 is 0 Å². The molecule has 1 aromatic heterocycles. The minimum Gasteiger partial charge on any atom is -0.383 e. The maximum absolute atomic E-state index is 13.2. The molecule has 2 N–H and O–H groups in total. The van der Waals surface area contributed by atoms with E-state index in [1.165, 1.54) is 17.7 Å². The van der Waals surface area contributed by atoms with Crippen LogP contribution >= 0.6 is 11.6 Å². The second-order valence-electron chi connectivity index (χ2n) is 6.09. The van der Waals surface area contributed by atoms with E-state index in [-0.39, 0.29) is 18.1 Å². The normalized spacial score (nSPS) is 10.4. The Morgan fingerprint density at radius 3 is 2.56 bits per heavy atom. The maximum atomic E-state index is 13.2. The van der Waals surface area contributed by atoms with Crippen LogP contribution in [0.4, 0.5) is 15.9 Å². The minimum atomic E-state index is -0.354. The number of carbonyl (C=O) groups excluding carboxylic acids is 1. The molecule has 4 nitrogen and oxygen atoms in total. The molecule has 6 heteroatoms. The molecule has 0 spiro atoms. The first-order valence-corrected chi connectivity index (χ1v) is 8.95. The number of pyridine rings is 1. The first-order chi connectivity index (χ1) is 13.1. The molecule has 0 radical (unpaired) electrons. The molecule has 3 aromatic rings. The second kappa shape index (κ2) is 9.14. The largest absolute Gasteiger partial charge is 0.383 e. The molecule has 0 fully saturated rings. The van der Waals surface area contributed by atoms with Gasteiger partial charge in [0.15, 0.2) is 0 Å². The standard InChI is InChI=1S/C21H19ClFN3O/c22-17-6-4-15(5-7-17)10-11-24-19-8-9-20(25-14-19)26-21(27)13-16-2-1-3-18(23)12-16/h1-9,12,14,24H,10-11,13H2,(H,25,26,27). The molecule has 0 unspecified atom stereocenters. The zero-order chi connectivity index (χ0) is 19.1. The van der Waals surface area contributed by atoms with Crippen molar-refractivity contribution in [3.8, 4) is 0 Å². The number of rotatable bonds is 7. The van der Waals surface area contributed by atoms with Gasteiger partial charge in [0.1, 0.15) is 11.6 Å². The average molecular weight is 384 g/mol. The number of hydrogen-bond acceptors (Lipinski definition) is 3. The van der Waals surface area contributed by atoms with Gasteiger partial charge in [0.2, 0.25) is 5.91 Å². The number of nitrogens with one attached hydrogen (secondary N) is 2. The number of benzene rings is 2. The van der Waals surface area contributed by atoms with Crippen LogP contribution in [-0.2, 0) is 17.6 Å². The number of halogens is 2. The molecule has 1 heterocycles. The summed E-state index contributed by atoms with van der Waals surface area (Å²) in [5.74, 6) is -0.136. The van der Waals surface area contributed by atoms with Crippen molar-refractivity contribution < 1.29 is 9.18 Å². The predicted molar refractivity (Wildman–Crippen MR) is 107 cm³/mol. The van der Waals surface area contributed by atoms with Gasteiger partial charge < -0.3 is 10.6 Å². The fraction of sp³-hybridized carbons (Fsp3) is 0.143. The summed E-state index contributed by atoms with van der Waals surface area (Å²) in [4.78, 5) is 16.3. The molecule has 0 saturated carbocycles. The summed E-state index contributed by atoms with van der Waals surface area (Å²) in [7, 11) is 0. The van der Waals surface area contributed by atoms with Crippen LogP contribution < -0.4 is 10.6 Å². The Labute approximate surface area is 162 Å². The smallest absolute Gasteiger partial charge is 0.229 e. The van der Waals surface area contributed by atoms with Gasteiger partial charge in [-0.25, -0.2) is 9.37 Å². The van der Waals surface area contributed by atoms with Crippen LogP contribution in [0.3, 0.4) is 0 Å². The molecule has 0 bridgehead atoms. The second-order valence-corrected chi connectivity index (χ2v) is 6.53. The number of aromatic nitrogens is 1. The van der Waals surface area contributed by atoms with Gasteiger partial charge in [0, 0.05) is 11.6 Å². The quantitative estimate of drug-likeness (QED) is 0.621. The summed E-state index contributed by atoms with van der Waals surface area (Å²) < 4.78 is 13.2. The Hall–Kier alpha value is -2.92. The van der Waals surface area contributed by atoms with Crippen molar-refractivity contribution >= 4 is 29.0 Å². The van der Waals surface area contributed by atoms with Crippen molar-refractivity contribution in [2.45, 2.75) is 12.8 Å². The topological polar surface area (TPSA) is 54.0 Å². The van der Waals surface area contributed by atoms with Gasteiger partial charge in [-0.15, -0.1) is 0 Å². The van der Waals surface area contributed by atoms with E-state index in [9.17, 15) is 9.18 Å². The summed E-state index contributed by atoms with van der Waals surface area (Å²) in [5, 5.41) is 6.72. The van der Waals surface area contributed by atoms with Gasteiger partial charge in [0.05, 0.1) is 18.3 Å². The zero-order valence-electron chi connectivity index (χ0n) is 14.6. The number of nitrogens with zero attached hydrogens (tertiary/aromatic N) is 1. The summed E-state index contributed by atoms with van der Waals surface area (Å²) in [5.41, 5.74) is 2.68. The van der Waals surface area contributed by atoms with E-state index in [0.29, 0.717) is 11.4 Å². The van der Waals surface area contributed by atoms with E-state index in [1.54, 1.807) is 24.4 Å². The van der Waals surface area contributed by atoms with Crippen LogP contribution in [0.15, 0.2) is 66.9 Å². The Kier molecular flexibility index (Phi) is 6.39. The lowest BCUT2D eigenvalue weighted by atomic mass is 10.1. The molecule has 2 aromatic carbocycles. The van der Waals surface area contributed by atoms with Gasteiger partial charge in [-0.2, -0.15) is 0 Å². The highest BCUT2D eigenvalue weighted by Crippen LogP contribution is 2.13. The SMILES string of the molecule is O=C(Cc1cccc(F)c1)Nc1ccc(NCCc2ccc(Cl)cc2)cn1. The molecule has 1 amide bonds. The van der Waals surface area contributed by atoms with Crippen LogP contribution in [0.5, 0.6) is 0 Å². The number of carbonyl (C=O) groups is 1. The summed E-state index contributed by atoms with van der Waals surface area (Å²) in [6.07, 6.45) is 2.63. The van der Waals surface area contributed by atoms with Crippen molar-refractivity contribution in [2.24, 2.45) is 0 Å². The third kappa shape index (κ3) is 6.08. The maximum Gasteiger partial charge on any atom is 0.229 e. The van der Waals surface area contributed by atoms with Crippen LogP contribution in [-0.4, -0.2) is 17.4 Å². The third-order valence-electron chi connectivity index (χ3n) is 3.94. The highest BCUT2D eigenvalue weighted by atomic mass is 35.5. The lowest BCUT2D eigenvalue weighted by molar-refractivity contribution is -0.115. The van der Waals surface area contributed by atoms with Crippen LogP contribution in [0.1, 0.15) is 11.1 Å². The molecule has 0 aliphatic heterocycles. The highest BCUT2D eigenvalue weighted by Gasteiger charge is 2.06. The predicted octanol–water partition coefficient (Wildman–Crippen LogP) is 4.71. The van der Waals surface area contributed by atoms with E-state index in [2.05, 4.69) is 15.6 Å². The highest BCUT2D eigenvalue weighted by molar-refractivity contribution is 6.30. The van der Waals surface area contributed by atoms with Crippen molar-refractivity contribution in [2.75, 3.05) is 17.2 Å². The Balaban J connectivity index is 1.46. The molecule has 0 aliphatic rings. The molecule has 0 atom stereocenters. The van der Waals surface area contributed by atoms with E-state index >= 15 is 0 Å². The van der Waals surface area contributed by atoms with Crippen LogP contribution in [0.2, 0.25) is 5.02 Å². The van der Waals surface area contributed by atoms with Crippen LogP contribution in [0, 0.1) is 5.82 Å². The van der Waals surface area contributed by atoms with Gasteiger partial charge in [-0.3, -0.25) is 4.79 Å². The number of anilines is 2. The summed E-state index contributed by atoms with van der Waals surface area (Å²) >= 11 is 5.87. The van der Waals surface area contributed by atoms with Crippen molar-refractivity contribution in [3.63, 3.8) is 0 Å². The molecule has 3 rings (SSSR count). The third-order valence-corrected chi connectivity index (χ3v) is 4.19. The first kappa shape index (κ1) is 18.9. The fourth-order valence-corrected chi connectivity index (χ4v) is 2.72. The summed E-state index contributed by atoms with van der Waals surface area (Å²) in [6, 6.07) is 17.3. The molecule has 0 saturated heterocycles. The molecular weight excluding hydrogens is 365 g/mol. The van der Waals surface area contributed by atoms with Gasteiger partial charge in [-0.05, 0) is 53.9 Å². The van der Waals surface area contributed by atoms with Crippen molar-refractivity contribution in [1.82, 2.24) is 4.98 Å². The minimum absolute atomic E-state index is 0.0978. The van der Waals surface area contributed by atoms with Crippen molar-refractivity contribution in [1.29, 1.82) is 0 Å².